The highest BCUT2D eigenvalue weighted by molar-refractivity contribution is 4.77. The second-order valence-electron chi connectivity index (χ2n) is 1.48. The lowest BCUT2D eigenvalue weighted by molar-refractivity contribution is 0.101. The Morgan fingerprint density at radius 3 is 2.33 bits per heavy atom. The van der Waals surface area contributed by atoms with E-state index in [-0.39, 0.29) is 0 Å². The van der Waals surface area contributed by atoms with E-state index in [1.807, 2.05) is 0 Å². The maximum atomic E-state index is 8.10. The average Bonchev–Trinajstić information content (AvgIpc) is 1.31. The van der Waals surface area contributed by atoms with E-state index in [0.717, 1.165) is 13.1 Å². The molecule has 0 unspecified atom stereocenters. The van der Waals surface area contributed by atoms with E-state index in [1.54, 1.807) is 0 Å². The SMILES string of the molecule is ONC1CNC1. The summed E-state index contributed by atoms with van der Waals surface area (Å²) < 4.78 is 0. The fourth-order valence-corrected chi connectivity index (χ4v) is 0.380. The first-order valence-electron chi connectivity index (χ1n) is 2.04. The highest BCUT2D eigenvalue weighted by atomic mass is 16.5. The second-order valence-corrected chi connectivity index (χ2v) is 1.48. The zero-order valence-corrected chi connectivity index (χ0v) is 3.44. The van der Waals surface area contributed by atoms with Crippen molar-refractivity contribution in [2.75, 3.05) is 13.1 Å². The third-order valence-electron chi connectivity index (χ3n) is 0.964. The lowest BCUT2D eigenvalue weighted by atomic mass is 10.2. The first-order chi connectivity index (χ1) is 2.93. The summed E-state index contributed by atoms with van der Waals surface area (Å²) in [6.07, 6.45) is 0. The zero-order valence-electron chi connectivity index (χ0n) is 3.44. The van der Waals surface area contributed by atoms with Crippen LogP contribution in [0.15, 0.2) is 0 Å². The van der Waals surface area contributed by atoms with Crippen molar-refractivity contribution >= 4 is 0 Å². The van der Waals surface area contributed by atoms with E-state index in [9.17, 15) is 0 Å². The van der Waals surface area contributed by atoms with Crippen LogP contribution in [-0.4, -0.2) is 24.3 Å². The van der Waals surface area contributed by atoms with Gasteiger partial charge in [0.2, 0.25) is 0 Å². The second kappa shape index (κ2) is 1.55. The highest BCUT2D eigenvalue weighted by Crippen LogP contribution is 1.85. The summed E-state index contributed by atoms with van der Waals surface area (Å²) >= 11 is 0. The van der Waals surface area contributed by atoms with Crippen LogP contribution in [-0.2, 0) is 0 Å². The number of hydrogen-bond donors (Lipinski definition) is 3. The van der Waals surface area contributed by atoms with Gasteiger partial charge in [0.15, 0.2) is 0 Å². The molecule has 0 aromatic heterocycles. The lowest BCUT2D eigenvalue weighted by Gasteiger charge is -2.24. The van der Waals surface area contributed by atoms with Gasteiger partial charge in [0.25, 0.3) is 0 Å². The van der Waals surface area contributed by atoms with Gasteiger partial charge in [-0.05, 0) is 0 Å². The summed E-state index contributed by atoms with van der Waals surface area (Å²) in [6.45, 7) is 1.80. The third kappa shape index (κ3) is 0.518. The van der Waals surface area contributed by atoms with Gasteiger partial charge < -0.3 is 10.5 Å². The van der Waals surface area contributed by atoms with Gasteiger partial charge in [-0.25, -0.2) is 0 Å². The van der Waals surface area contributed by atoms with Crippen molar-refractivity contribution in [2.45, 2.75) is 6.04 Å². The standard InChI is InChI=1S/C3H8N2O/c6-5-3-1-4-2-3/h3-6H,1-2H2. The van der Waals surface area contributed by atoms with E-state index in [1.165, 1.54) is 0 Å². The summed E-state index contributed by atoms with van der Waals surface area (Å²) in [4.78, 5) is 0. The number of rotatable bonds is 1. The summed E-state index contributed by atoms with van der Waals surface area (Å²) in [6, 6.07) is 0.310. The van der Waals surface area contributed by atoms with Crippen molar-refractivity contribution in [1.29, 1.82) is 0 Å². The monoisotopic (exact) mass is 88.1 g/mol. The molecule has 36 valence electrons. The molecule has 0 radical (unpaired) electrons. The van der Waals surface area contributed by atoms with Crippen molar-refractivity contribution in [2.24, 2.45) is 0 Å². The Balaban J connectivity index is 2.01. The van der Waals surface area contributed by atoms with Crippen molar-refractivity contribution in [3.8, 4) is 0 Å². The molecule has 0 amide bonds. The molecule has 0 spiro atoms. The number of nitrogens with one attached hydrogen (secondary N) is 2. The molecule has 1 aliphatic heterocycles. The topological polar surface area (TPSA) is 44.3 Å². The Labute approximate surface area is 36.3 Å². The molecule has 0 atom stereocenters. The largest absolute Gasteiger partial charge is 0.316 e. The summed E-state index contributed by atoms with van der Waals surface area (Å²) in [5, 5.41) is 11.1. The van der Waals surface area contributed by atoms with Crippen LogP contribution in [0.4, 0.5) is 0 Å². The lowest BCUT2D eigenvalue weighted by Crippen LogP contribution is -2.54. The molecule has 1 heterocycles. The molecule has 0 bridgehead atoms. The molecule has 0 aliphatic carbocycles. The van der Waals surface area contributed by atoms with Gasteiger partial charge in [-0.2, -0.15) is 5.48 Å². The molecule has 1 saturated heterocycles. The average molecular weight is 88.1 g/mol. The van der Waals surface area contributed by atoms with Crippen molar-refractivity contribution in [3.05, 3.63) is 0 Å². The van der Waals surface area contributed by atoms with Crippen molar-refractivity contribution in [3.63, 3.8) is 0 Å². The molecule has 1 fully saturated rings. The Hall–Kier alpha value is -0.120. The van der Waals surface area contributed by atoms with Gasteiger partial charge in [0.1, 0.15) is 0 Å². The minimum Gasteiger partial charge on any atom is -0.316 e. The molecule has 6 heavy (non-hydrogen) atoms. The molecule has 0 aromatic rings. The van der Waals surface area contributed by atoms with Gasteiger partial charge in [-0.1, -0.05) is 0 Å². The van der Waals surface area contributed by atoms with Crippen LogP contribution >= 0.6 is 0 Å². The number of hydroxylamine groups is 1. The summed E-state index contributed by atoms with van der Waals surface area (Å²) in [7, 11) is 0. The highest BCUT2D eigenvalue weighted by Gasteiger charge is 2.13. The number of hydrogen-bond acceptors (Lipinski definition) is 3. The quantitative estimate of drug-likeness (QED) is 0.358. The van der Waals surface area contributed by atoms with Crippen LogP contribution in [0.1, 0.15) is 0 Å². The molecule has 3 nitrogen and oxygen atoms in total. The molecule has 0 saturated carbocycles. The van der Waals surface area contributed by atoms with Gasteiger partial charge in [-0.3, -0.25) is 0 Å². The van der Waals surface area contributed by atoms with Crippen molar-refractivity contribution < 1.29 is 5.21 Å². The van der Waals surface area contributed by atoms with Crippen LogP contribution in [0, 0.1) is 0 Å². The normalized spacial score (nSPS) is 23.5. The van der Waals surface area contributed by atoms with Crippen LogP contribution < -0.4 is 10.8 Å². The third-order valence-corrected chi connectivity index (χ3v) is 0.964. The molecule has 3 N–H and O–H groups in total. The van der Waals surface area contributed by atoms with E-state index in [4.69, 9.17) is 5.21 Å². The van der Waals surface area contributed by atoms with Crippen LogP contribution in [0.5, 0.6) is 0 Å². The van der Waals surface area contributed by atoms with Crippen molar-refractivity contribution in [1.82, 2.24) is 10.8 Å². The van der Waals surface area contributed by atoms with Crippen LogP contribution in [0.25, 0.3) is 0 Å². The van der Waals surface area contributed by atoms with E-state index < -0.39 is 0 Å². The summed E-state index contributed by atoms with van der Waals surface area (Å²) in [5.41, 5.74) is 2.14. The van der Waals surface area contributed by atoms with Gasteiger partial charge >= 0.3 is 0 Å². The predicted molar refractivity (Wildman–Crippen MR) is 21.6 cm³/mol. The minimum absolute atomic E-state index is 0.310. The Morgan fingerprint density at radius 1 is 1.67 bits per heavy atom. The van der Waals surface area contributed by atoms with Crippen LogP contribution in [0.3, 0.4) is 0 Å². The Morgan fingerprint density at radius 2 is 2.33 bits per heavy atom. The fraction of sp³-hybridized carbons (Fsp3) is 1.00. The molecular weight excluding hydrogens is 80.0 g/mol. The summed E-state index contributed by atoms with van der Waals surface area (Å²) in [5.74, 6) is 0. The predicted octanol–water partition coefficient (Wildman–Crippen LogP) is -1.06. The fourth-order valence-electron chi connectivity index (χ4n) is 0.380. The first kappa shape index (κ1) is 4.05. The van der Waals surface area contributed by atoms with Gasteiger partial charge in [-0.15, -0.1) is 0 Å². The molecule has 1 rings (SSSR count). The molecule has 0 aromatic carbocycles. The maximum absolute atomic E-state index is 8.10. The molecular formula is C3H8N2O. The minimum atomic E-state index is 0.310. The van der Waals surface area contributed by atoms with Crippen LogP contribution in [0.2, 0.25) is 0 Å². The Kier molecular flexibility index (Phi) is 1.05. The van der Waals surface area contributed by atoms with Gasteiger partial charge in [0, 0.05) is 13.1 Å². The maximum Gasteiger partial charge on any atom is 0.0568 e. The zero-order chi connectivity index (χ0) is 4.41. The van der Waals surface area contributed by atoms with E-state index in [2.05, 4.69) is 10.8 Å². The molecule has 3 heteroatoms. The Bertz CT molecular complexity index is 41.3. The molecule has 1 aliphatic rings. The van der Waals surface area contributed by atoms with Gasteiger partial charge in [0.05, 0.1) is 6.04 Å². The first-order valence-corrected chi connectivity index (χ1v) is 2.04. The van der Waals surface area contributed by atoms with E-state index >= 15 is 0 Å². The van der Waals surface area contributed by atoms with E-state index in [0.29, 0.717) is 6.04 Å². The smallest absolute Gasteiger partial charge is 0.0568 e.